The standard InChI is InChI=1S/C13H20ClN3S/c1-10(2)13-15-9-12(11(8-14)16-13)17-4-3-6-18-7-5-17/h9-10H,3-8H2,1-2H3. The van der Waals surface area contributed by atoms with Gasteiger partial charge in [0, 0.05) is 24.8 Å². The first kappa shape index (κ1) is 13.9. The second-order valence-corrected chi connectivity index (χ2v) is 6.29. The number of hydrogen-bond acceptors (Lipinski definition) is 4. The van der Waals surface area contributed by atoms with Gasteiger partial charge in [-0.3, -0.25) is 0 Å². The van der Waals surface area contributed by atoms with Gasteiger partial charge in [-0.1, -0.05) is 13.8 Å². The van der Waals surface area contributed by atoms with E-state index in [4.69, 9.17) is 11.6 Å². The largest absolute Gasteiger partial charge is 0.368 e. The van der Waals surface area contributed by atoms with Gasteiger partial charge in [0.15, 0.2) is 0 Å². The van der Waals surface area contributed by atoms with Gasteiger partial charge >= 0.3 is 0 Å². The van der Waals surface area contributed by atoms with Crippen molar-refractivity contribution in [2.75, 3.05) is 29.5 Å². The van der Waals surface area contributed by atoms with Crippen LogP contribution in [0.25, 0.3) is 0 Å². The van der Waals surface area contributed by atoms with Crippen LogP contribution in [0.1, 0.15) is 37.7 Å². The van der Waals surface area contributed by atoms with Gasteiger partial charge in [0.25, 0.3) is 0 Å². The van der Waals surface area contributed by atoms with Crippen molar-refractivity contribution in [1.29, 1.82) is 0 Å². The maximum absolute atomic E-state index is 6.05. The molecule has 0 aromatic carbocycles. The third-order valence-corrected chi connectivity index (χ3v) is 4.37. The molecule has 3 nitrogen and oxygen atoms in total. The number of aromatic nitrogens is 2. The molecule has 1 saturated heterocycles. The monoisotopic (exact) mass is 285 g/mol. The van der Waals surface area contributed by atoms with Crippen LogP contribution in [-0.2, 0) is 5.88 Å². The van der Waals surface area contributed by atoms with Crippen molar-refractivity contribution >= 4 is 29.1 Å². The molecule has 2 rings (SSSR count). The van der Waals surface area contributed by atoms with Gasteiger partial charge in [-0.15, -0.1) is 11.6 Å². The summed E-state index contributed by atoms with van der Waals surface area (Å²) in [5, 5.41) is 0. The lowest BCUT2D eigenvalue weighted by molar-refractivity contribution is 0.749. The third-order valence-electron chi connectivity index (χ3n) is 3.07. The maximum atomic E-state index is 6.05. The summed E-state index contributed by atoms with van der Waals surface area (Å²) in [6.45, 7) is 6.37. The van der Waals surface area contributed by atoms with Gasteiger partial charge in [0.2, 0.25) is 0 Å². The van der Waals surface area contributed by atoms with Crippen LogP contribution < -0.4 is 4.90 Å². The molecular weight excluding hydrogens is 266 g/mol. The van der Waals surface area contributed by atoms with Crippen molar-refractivity contribution in [1.82, 2.24) is 9.97 Å². The van der Waals surface area contributed by atoms with Gasteiger partial charge in [-0.05, 0) is 12.2 Å². The highest BCUT2D eigenvalue weighted by atomic mass is 35.5. The number of alkyl halides is 1. The molecule has 1 aromatic heterocycles. The van der Waals surface area contributed by atoms with Crippen molar-refractivity contribution in [3.8, 4) is 0 Å². The first-order valence-corrected chi connectivity index (χ1v) is 8.15. The summed E-state index contributed by atoms with van der Waals surface area (Å²) < 4.78 is 0. The van der Waals surface area contributed by atoms with Crippen molar-refractivity contribution in [2.24, 2.45) is 0 Å². The highest BCUT2D eigenvalue weighted by Crippen LogP contribution is 2.24. The van der Waals surface area contributed by atoms with Crippen LogP contribution in [0.5, 0.6) is 0 Å². The van der Waals surface area contributed by atoms with Gasteiger partial charge in [0.1, 0.15) is 5.82 Å². The summed E-state index contributed by atoms with van der Waals surface area (Å²) in [6.07, 6.45) is 3.17. The lowest BCUT2D eigenvalue weighted by Gasteiger charge is -2.24. The second kappa shape index (κ2) is 6.62. The summed E-state index contributed by atoms with van der Waals surface area (Å²) in [5.41, 5.74) is 2.10. The lowest BCUT2D eigenvalue weighted by atomic mass is 10.2. The minimum Gasteiger partial charge on any atom is -0.368 e. The molecule has 1 aliphatic heterocycles. The molecule has 2 heterocycles. The van der Waals surface area contributed by atoms with Crippen LogP contribution in [0.3, 0.4) is 0 Å². The Morgan fingerprint density at radius 1 is 1.39 bits per heavy atom. The van der Waals surface area contributed by atoms with Crippen LogP contribution >= 0.6 is 23.4 Å². The summed E-state index contributed by atoms with van der Waals surface area (Å²) in [5.74, 6) is 4.12. The molecule has 1 aliphatic rings. The molecule has 100 valence electrons. The van der Waals surface area contributed by atoms with E-state index < -0.39 is 0 Å². The molecule has 0 N–H and O–H groups in total. The van der Waals surface area contributed by atoms with Crippen LogP contribution in [-0.4, -0.2) is 34.6 Å². The molecule has 5 heteroatoms. The zero-order valence-electron chi connectivity index (χ0n) is 11.0. The number of anilines is 1. The van der Waals surface area contributed by atoms with Crippen LogP contribution in [0.2, 0.25) is 0 Å². The second-order valence-electron chi connectivity index (χ2n) is 4.80. The molecule has 0 radical (unpaired) electrons. The first-order chi connectivity index (χ1) is 8.72. The number of thioether (sulfide) groups is 1. The highest BCUT2D eigenvalue weighted by Gasteiger charge is 2.16. The normalized spacial score (nSPS) is 17.0. The SMILES string of the molecule is CC(C)c1ncc(N2CCCSCC2)c(CCl)n1. The van der Waals surface area contributed by atoms with E-state index in [1.807, 2.05) is 18.0 Å². The first-order valence-electron chi connectivity index (χ1n) is 6.47. The topological polar surface area (TPSA) is 29.0 Å². The van der Waals surface area contributed by atoms with Crippen LogP contribution in [0.4, 0.5) is 5.69 Å². The molecule has 0 amide bonds. The van der Waals surface area contributed by atoms with E-state index in [-0.39, 0.29) is 0 Å². The zero-order chi connectivity index (χ0) is 13.0. The molecule has 1 fully saturated rings. The fourth-order valence-corrected chi connectivity index (χ4v) is 3.14. The van der Waals surface area contributed by atoms with E-state index in [0.717, 1.165) is 30.3 Å². The smallest absolute Gasteiger partial charge is 0.131 e. The highest BCUT2D eigenvalue weighted by molar-refractivity contribution is 7.99. The molecule has 0 saturated carbocycles. The summed E-state index contributed by atoms with van der Waals surface area (Å²) in [4.78, 5) is 11.5. The number of rotatable bonds is 3. The average molecular weight is 286 g/mol. The van der Waals surface area contributed by atoms with E-state index in [2.05, 4.69) is 28.7 Å². The minimum atomic E-state index is 0.348. The Kier molecular flexibility index (Phi) is 5.13. The number of halogens is 1. The predicted molar refractivity (Wildman–Crippen MR) is 79.8 cm³/mol. The molecule has 0 atom stereocenters. The molecule has 0 unspecified atom stereocenters. The molecule has 18 heavy (non-hydrogen) atoms. The number of hydrogen-bond donors (Lipinski definition) is 0. The lowest BCUT2D eigenvalue weighted by Crippen LogP contribution is -2.27. The summed E-state index contributed by atoms with van der Waals surface area (Å²) in [6, 6.07) is 0. The molecular formula is C13H20ClN3S. The van der Waals surface area contributed by atoms with Gasteiger partial charge in [-0.25, -0.2) is 9.97 Å². The molecule has 1 aromatic rings. The van der Waals surface area contributed by atoms with E-state index in [9.17, 15) is 0 Å². The Morgan fingerprint density at radius 3 is 2.94 bits per heavy atom. The average Bonchev–Trinajstić information content (AvgIpc) is 2.66. The van der Waals surface area contributed by atoms with E-state index in [1.165, 1.54) is 17.9 Å². The maximum Gasteiger partial charge on any atom is 0.131 e. The van der Waals surface area contributed by atoms with Crippen molar-refractivity contribution in [3.63, 3.8) is 0 Å². The van der Waals surface area contributed by atoms with Crippen molar-refractivity contribution in [2.45, 2.75) is 32.1 Å². The van der Waals surface area contributed by atoms with Crippen LogP contribution in [0, 0.1) is 0 Å². The molecule has 0 bridgehead atoms. The molecule has 0 aliphatic carbocycles. The number of nitrogens with zero attached hydrogens (tertiary/aromatic N) is 3. The Balaban J connectivity index is 2.25. The fraction of sp³-hybridized carbons (Fsp3) is 0.692. The Bertz CT molecular complexity index is 390. The Hall–Kier alpha value is -0.480. The van der Waals surface area contributed by atoms with E-state index >= 15 is 0 Å². The Morgan fingerprint density at radius 2 is 2.22 bits per heavy atom. The van der Waals surface area contributed by atoms with Gasteiger partial charge in [-0.2, -0.15) is 11.8 Å². The summed E-state index contributed by atoms with van der Waals surface area (Å²) in [7, 11) is 0. The van der Waals surface area contributed by atoms with Crippen molar-refractivity contribution in [3.05, 3.63) is 17.7 Å². The van der Waals surface area contributed by atoms with Gasteiger partial charge in [0.05, 0.1) is 23.5 Å². The van der Waals surface area contributed by atoms with Crippen molar-refractivity contribution < 1.29 is 0 Å². The minimum absolute atomic E-state index is 0.348. The van der Waals surface area contributed by atoms with E-state index in [0.29, 0.717) is 11.8 Å². The Labute approximate surface area is 118 Å². The van der Waals surface area contributed by atoms with Crippen LogP contribution in [0.15, 0.2) is 6.20 Å². The third kappa shape index (κ3) is 3.29. The quantitative estimate of drug-likeness (QED) is 0.797. The summed E-state index contributed by atoms with van der Waals surface area (Å²) >= 11 is 8.07. The molecule has 0 spiro atoms. The predicted octanol–water partition coefficient (Wildman–Crippen LogP) is 3.28. The van der Waals surface area contributed by atoms with E-state index in [1.54, 1.807) is 0 Å². The van der Waals surface area contributed by atoms with Gasteiger partial charge < -0.3 is 4.90 Å². The zero-order valence-corrected chi connectivity index (χ0v) is 12.6. The fourth-order valence-electron chi connectivity index (χ4n) is 2.05.